The van der Waals surface area contributed by atoms with Crippen molar-refractivity contribution < 1.29 is 0 Å². The van der Waals surface area contributed by atoms with E-state index < -0.39 is 0 Å². The number of benzene rings is 7. The van der Waals surface area contributed by atoms with Crippen molar-refractivity contribution in [3.63, 3.8) is 0 Å². The molecule has 1 N–H and O–H groups in total. The second kappa shape index (κ2) is 11.6. The summed E-state index contributed by atoms with van der Waals surface area (Å²) in [5, 5.41) is 1.22. The van der Waals surface area contributed by atoms with Crippen LogP contribution in [0.25, 0.3) is 77.8 Å². The summed E-state index contributed by atoms with van der Waals surface area (Å²) in [4.78, 5) is 3.79. The zero-order chi connectivity index (χ0) is 30.0. The molecule has 1 aromatic heterocycles. The van der Waals surface area contributed by atoms with Gasteiger partial charge < -0.3 is 4.98 Å². The average molecular weight is 574 g/mol. The molecule has 0 unspecified atom stereocenters. The number of rotatable bonds is 6. The number of aromatic amines is 1. The van der Waals surface area contributed by atoms with Crippen LogP contribution in [-0.2, 0) is 0 Å². The van der Waals surface area contributed by atoms with Gasteiger partial charge in [-0.1, -0.05) is 170 Å². The minimum atomic E-state index is 1.13. The highest BCUT2D eigenvalue weighted by Crippen LogP contribution is 2.41. The van der Waals surface area contributed by atoms with Crippen LogP contribution in [0, 0.1) is 0 Å². The van der Waals surface area contributed by atoms with Gasteiger partial charge in [-0.3, -0.25) is 0 Å². The molecule has 7 aromatic carbocycles. The Morgan fingerprint density at radius 3 is 1.04 bits per heavy atom. The first-order valence-corrected chi connectivity index (χ1v) is 15.4. The normalized spacial score (nSPS) is 11.1. The number of nitrogens with one attached hydrogen (secondary N) is 1. The van der Waals surface area contributed by atoms with Gasteiger partial charge in [-0.25, -0.2) is 0 Å². The molecule has 0 atom stereocenters. The maximum absolute atomic E-state index is 3.79. The third-order valence-electron chi connectivity index (χ3n) is 8.69. The van der Waals surface area contributed by atoms with Crippen LogP contribution in [0.2, 0.25) is 0 Å². The van der Waals surface area contributed by atoms with Crippen LogP contribution in [0.5, 0.6) is 0 Å². The highest BCUT2D eigenvalue weighted by molar-refractivity contribution is 6.05. The number of aromatic nitrogens is 1. The first-order valence-electron chi connectivity index (χ1n) is 15.4. The molecular weight excluding hydrogens is 542 g/mol. The lowest BCUT2D eigenvalue weighted by Crippen LogP contribution is -1.85. The summed E-state index contributed by atoms with van der Waals surface area (Å²) in [5.41, 5.74) is 15.6. The Bertz CT molecular complexity index is 2190. The van der Waals surface area contributed by atoms with Crippen molar-refractivity contribution >= 4 is 10.9 Å². The molecular formula is C44H31N. The summed E-state index contributed by atoms with van der Waals surface area (Å²) in [6.45, 7) is 0. The van der Waals surface area contributed by atoms with Gasteiger partial charge in [0.1, 0.15) is 0 Å². The van der Waals surface area contributed by atoms with Crippen LogP contribution in [0.4, 0.5) is 0 Å². The minimum Gasteiger partial charge on any atom is -0.354 e. The van der Waals surface area contributed by atoms with Gasteiger partial charge >= 0.3 is 0 Å². The molecule has 8 aromatic rings. The highest BCUT2D eigenvalue weighted by Gasteiger charge is 2.17. The Balaban J connectivity index is 1.24. The standard InChI is InChI=1S/C44H31N/c1-4-10-31(11-5-1)34-16-18-37(19-17-34)40-28-29-42-41(30-40)43(38-24-20-35(21-25-38)32-12-6-2-7-13-32)44(45-42)39-26-22-36(23-27-39)33-14-8-3-9-15-33/h1-30,45H. The summed E-state index contributed by atoms with van der Waals surface area (Å²) < 4.78 is 0. The van der Waals surface area contributed by atoms with E-state index in [0.29, 0.717) is 0 Å². The molecule has 0 aliphatic rings. The van der Waals surface area contributed by atoms with E-state index in [1.54, 1.807) is 0 Å². The first-order chi connectivity index (χ1) is 22.3. The molecule has 1 heterocycles. The fourth-order valence-corrected chi connectivity index (χ4v) is 6.29. The van der Waals surface area contributed by atoms with Gasteiger partial charge in [-0.15, -0.1) is 0 Å². The molecule has 0 amide bonds. The van der Waals surface area contributed by atoms with Crippen molar-refractivity contribution in [2.24, 2.45) is 0 Å². The molecule has 8 rings (SSSR count). The van der Waals surface area contributed by atoms with Gasteiger partial charge in [0.05, 0.1) is 5.69 Å². The Hall–Kier alpha value is -5.92. The van der Waals surface area contributed by atoms with Gasteiger partial charge in [0.25, 0.3) is 0 Å². The lowest BCUT2D eigenvalue weighted by Gasteiger charge is -2.10. The zero-order valence-corrected chi connectivity index (χ0v) is 24.8. The highest BCUT2D eigenvalue weighted by atomic mass is 14.7. The Morgan fingerprint density at radius 1 is 0.267 bits per heavy atom. The van der Waals surface area contributed by atoms with Gasteiger partial charge in [0.15, 0.2) is 0 Å². The van der Waals surface area contributed by atoms with Crippen molar-refractivity contribution in [3.8, 4) is 66.9 Å². The molecule has 0 spiro atoms. The number of hydrogen-bond donors (Lipinski definition) is 1. The van der Waals surface area contributed by atoms with Gasteiger partial charge in [0, 0.05) is 16.5 Å². The quantitative estimate of drug-likeness (QED) is 0.204. The molecule has 212 valence electrons. The molecule has 0 radical (unpaired) electrons. The van der Waals surface area contributed by atoms with E-state index >= 15 is 0 Å². The Morgan fingerprint density at radius 2 is 0.600 bits per heavy atom. The fourth-order valence-electron chi connectivity index (χ4n) is 6.29. The molecule has 0 aliphatic heterocycles. The number of fused-ring (bicyclic) bond motifs is 1. The van der Waals surface area contributed by atoms with Crippen LogP contribution in [-0.4, -0.2) is 4.98 Å². The molecule has 0 saturated heterocycles. The van der Waals surface area contributed by atoms with E-state index in [1.807, 2.05) is 0 Å². The maximum atomic E-state index is 3.79. The first kappa shape index (κ1) is 26.7. The molecule has 0 bridgehead atoms. The monoisotopic (exact) mass is 573 g/mol. The summed E-state index contributed by atoms with van der Waals surface area (Å²) in [5.74, 6) is 0. The minimum absolute atomic E-state index is 1.13. The van der Waals surface area contributed by atoms with Crippen LogP contribution < -0.4 is 0 Å². The second-order valence-electron chi connectivity index (χ2n) is 11.5. The van der Waals surface area contributed by atoms with Crippen molar-refractivity contribution in [1.29, 1.82) is 0 Å². The Labute approximate surface area is 264 Å². The lowest BCUT2D eigenvalue weighted by molar-refractivity contribution is 1.45. The van der Waals surface area contributed by atoms with E-state index in [4.69, 9.17) is 0 Å². The second-order valence-corrected chi connectivity index (χ2v) is 11.5. The number of hydrogen-bond acceptors (Lipinski definition) is 0. The zero-order valence-electron chi connectivity index (χ0n) is 24.8. The SMILES string of the molecule is c1ccc(-c2ccc(-c3ccc4[nH]c(-c5ccc(-c6ccccc6)cc5)c(-c5ccc(-c6ccccc6)cc5)c4c3)cc2)cc1. The third kappa shape index (κ3) is 5.26. The molecule has 1 heteroatoms. The third-order valence-corrected chi connectivity index (χ3v) is 8.69. The van der Waals surface area contributed by atoms with E-state index in [1.165, 1.54) is 66.6 Å². The maximum Gasteiger partial charge on any atom is 0.0544 e. The summed E-state index contributed by atoms with van der Waals surface area (Å²) in [7, 11) is 0. The topological polar surface area (TPSA) is 15.8 Å². The van der Waals surface area contributed by atoms with Crippen molar-refractivity contribution in [2.45, 2.75) is 0 Å². The molecule has 45 heavy (non-hydrogen) atoms. The van der Waals surface area contributed by atoms with E-state index in [-0.39, 0.29) is 0 Å². The average Bonchev–Trinajstić information content (AvgIpc) is 3.52. The molecule has 0 aliphatic carbocycles. The van der Waals surface area contributed by atoms with E-state index in [9.17, 15) is 0 Å². The smallest absolute Gasteiger partial charge is 0.0544 e. The van der Waals surface area contributed by atoms with Crippen molar-refractivity contribution in [3.05, 3.63) is 182 Å². The van der Waals surface area contributed by atoms with Gasteiger partial charge in [0.2, 0.25) is 0 Å². The van der Waals surface area contributed by atoms with Gasteiger partial charge in [-0.2, -0.15) is 0 Å². The lowest BCUT2D eigenvalue weighted by atomic mass is 9.94. The Kier molecular flexibility index (Phi) is 6.90. The molecule has 0 fully saturated rings. The van der Waals surface area contributed by atoms with Crippen LogP contribution in [0.3, 0.4) is 0 Å². The van der Waals surface area contributed by atoms with E-state index in [2.05, 4.69) is 187 Å². The van der Waals surface area contributed by atoms with Crippen LogP contribution in [0.15, 0.2) is 182 Å². The van der Waals surface area contributed by atoms with Crippen molar-refractivity contribution in [2.75, 3.05) is 0 Å². The fraction of sp³-hybridized carbons (Fsp3) is 0. The van der Waals surface area contributed by atoms with Crippen LogP contribution >= 0.6 is 0 Å². The molecule has 1 nitrogen and oxygen atoms in total. The predicted octanol–water partition coefficient (Wildman–Crippen LogP) is 12.2. The largest absolute Gasteiger partial charge is 0.354 e. The van der Waals surface area contributed by atoms with Gasteiger partial charge in [-0.05, 0) is 67.8 Å². The number of H-pyrrole nitrogens is 1. The van der Waals surface area contributed by atoms with Crippen LogP contribution in [0.1, 0.15) is 0 Å². The molecule has 0 saturated carbocycles. The van der Waals surface area contributed by atoms with E-state index in [0.717, 1.165) is 11.2 Å². The summed E-state index contributed by atoms with van der Waals surface area (Å²) in [6.07, 6.45) is 0. The van der Waals surface area contributed by atoms with Crippen molar-refractivity contribution in [1.82, 2.24) is 4.98 Å². The summed E-state index contributed by atoms with van der Waals surface area (Å²) >= 11 is 0. The summed E-state index contributed by atoms with van der Waals surface area (Å²) in [6, 6.07) is 65.2. The predicted molar refractivity (Wildman–Crippen MR) is 191 cm³/mol.